The van der Waals surface area contributed by atoms with E-state index in [2.05, 4.69) is 39.4 Å². The van der Waals surface area contributed by atoms with Crippen LogP contribution in [0, 0.1) is 0 Å². The van der Waals surface area contributed by atoms with Crippen molar-refractivity contribution in [1.82, 2.24) is 5.32 Å². The van der Waals surface area contributed by atoms with Gasteiger partial charge in [0, 0.05) is 16.0 Å². The standard InChI is InChI=1S/C16H17BrClNO/c1-19-9-12-5-6-14(16(17)8-12)11-20-10-13-3-2-4-15(18)7-13/h2-8,19H,9-11H2,1H3. The van der Waals surface area contributed by atoms with Gasteiger partial charge in [0.2, 0.25) is 0 Å². The molecule has 0 aromatic heterocycles. The highest BCUT2D eigenvalue weighted by Crippen LogP contribution is 2.20. The Labute approximate surface area is 133 Å². The summed E-state index contributed by atoms with van der Waals surface area (Å²) in [5.41, 5.74) is 3.48. The fourth-order valence-corrected chi connectivity index (χ4v) is 2.68. The number of hydrogen-bond acceptors (Lipinski definition) is 2. The third-order valence-corrected chi connectivity index (χ3v) is 3.89. The fourth-order valence-electron chi connectivity index (χ4n) is 1.93. The number of ether oxygens (including phenoxy) is 1. The lowest BCUT2D eigenvalue weighted by atomic mass is 10.1. The molecule has 0 unspecified atom stereocenters. The number of benzene rings is 2. The number of hydrogen-bond donors (Lipinski definition) is 1. The molecule has 20 heavy (non-hydrogen) atoms. The molecule has 0 spiro atoms. The molecule has 2 aromatic rings. The van der Waals surface area contributed by atoms with Crippen molar-refractivity contribution in [3.05, 3.63) is 68.7 Å². The summed E-state index contributed by atoms with van der Waals surface area (Å²) in [5, 5.41) is 3.88. The van der Waals surface area contributed by atoms with E-state index in [1.54, 1.807) is 0 Å². The zero-order chi connectivity index (χ0) is 14.4. The van der Waals surface area contributed by atoms with Gasteiger partial charge in [-0.1, -0.05) is 51.8 Å². The Morgan fingerprint density at radius 3 is 2.65 bits per heavy atom. The lowest BCUT2D eigenvalue weighted by Gasteiger charge is -2.09. The lowest BCUT2D eigenvalue weighted by Crippen LogP contribution is -2.05. The molecule has 0 saturated heterocycles. The second kappa shape index (κ2) is 7.79. The Balaban J connectivity index is 1.91. The van der Waals surface area contributed by atoms with Crippen molar-refractivity contribution in [2.75, 3.05) is 7.05 Å². The van der Waals surface area contributed by atoms with E-state index >= 15 is 0 Å². The topological polar surface area (TPSA) is 21.3 Å². The van der Waals surface area contributed by atoms with E-state index in [0.717, 1.165) is 27.2 Å². The minimum absolute atomic E-state index is 0.561. The van der Waals surface area contributed by atoms with Crippen LogP contribution in [0.25, 0.3) is 0 Å². The summed E-state index contributed by atoms with van der Waals surface area (Å²) in [6.07, 6.45) is 0. The number of rotatable bonds is 6. The second-order valence-electron chi connectivity index (χ2n) is 4.58. The Bertz CT molecular complexity index is 574. The molecule has 0 fully saturated rings. The monoisotopic (exact) mass is 353 g/mol. The van der Waals surface area contributed by atoms with Gasteiger partial charge in [0.1, 0.15) is 0 Å². The average Bonchev–Trinajstić information content (AvgIpc) is 2.42. The van der Waals surface area contributed by atoms with Gasteiger partial charge < -0.3 is 10.1 Å². The third-order valence-electron chi connectivity index (χ3n) is 2.91. The molecule has 0 aliphatic heterocycles. The quantitative estimate of drug-likeness (QED) is 0.822. The molecule has 0 saturated carbocycles. The summed E-state index contributed by atoms with van der Waals surface area (Å²) in [5.74, 6) is 0. The van der Waals surface area contributed by atoms with Gasteiger partial charge in [0.25, 0.3) is 0 Å². The van der Waals surface area contributed by atoms with Crippen LogP contribution in [0.1, 0.15) is 16.7 Å². The van der Waals surface area contributed by atoms with Crippen molar-refractivity contribution >= 4 is 27.5 Å². The van der Waals surface area contributed by atoms with E-state index in [9.17, 15) is 0 Å². The molecule has 4 heteroatoms. The van der Waals surface area contributed by atoms with Gasteiger partial charge in [0.05, 0.1) is 13.2 Å². The minimum atomic E-state index is 0.561. The van der Waals surface area contributed by atoms with Crippen LogP contribution >= 0.6 is 27.5 Å². The van der Waals surface area contributed by atoms with Crippen LogP contribution in [0.2, 0.25) is 5.02 Å². The average molecular weight is 355 g/mol. The minimum Gasteiger partial charge on any atom is -0.372 e. The molecule has 1 N–H and O–H groups in total. The molecule has 106 valence electrons. The van der Waals surface area contributed by atoms with Gasteiger partial charge in [-0.15, -0.1) is 0 Å². The smallest absolute Gasteiger partial charge is 0.0732 e. The SMILES string of the molecule is CNCc1ccc(COCc2cccc(Cl)c2)c(Br)c1. The van der Waals surface area contributed by atoms with Gasteiger partial charge in [0.15, 0.2) is 0 Å². The first kappa shape index (κ1) is 15.5. The van der Waals surface area contributed by atoms with Crippen molar-refractivity contribution in [2.45, 2.75) is 19.8 Å². The van der Waals surface area contributed by atoms with Crippen LogP contribution in [0.15, 0.2) is 46.9 Å². The number of halogens is 2. The summed E-state index contributed by atoms with van der Waals surface area (Å²) in [6.45, 7) is 2.00. The van der Waals surface area contributed by atoms with Gasteiger partial charge in [-0.3, -0.25) is 0 Å². The molecule has 0 radical (unpaired) electrons. The first-order chi connectivity index (χ1) is 9.69. The van der Waals surface area contributed by atoms with E-state index in [1.807, 2.05) is 31.3 Å². The molecule has 0 heterocycles. The second-order valence-corrected chi connectivity index (χ2v) is 5.87. The Morgan fingerprint density at radius 1 is 1.10 bits per heavy atom. The van der Waals surface area contributed by atoms with Gasteiger partial charge in [-0.2, -0.15) is 0 Å². The largest absolute Gasteiger partial charge is 0.372 e. The normalized spacial score (nSPS) is 10.8. The predicted octanol–water partition coefficient (Wildman–Crippen LogP) is 4.54. The van der Waals surface area contributed by atoms with E-state index in [-0.39, 0.29) is 0 Å². The van der Waals surface area contributed by atoms with Gasteiger partial charge >= 0.3 is 0 Å². The van der Waals surface area contributed by atoms with Crippen molar-refractivity contribution in [3.63, 3.8) is 0 Å². The summed E-state index contributed by atoms with van der Waals surface area (Å²) >= 11 is 9.53. The van der Waals surface area contributed by atoms with E-state index in [0.29, 0.717) is 13.2 Å². The predicted molar refractivity (Wildman–Crippen MR) is 86.9 cm³/mol. The molecular formula is C16H17BrClNO. The summed E-state index contributed by atoms with van der Waals surface area (Å²) in [6, 6.07) is 14.1. The fraction of sp³-hybridized carbons (Fsp3) is 0.250. The first-order valence-corrected chi connectivity index (χ1v) is 7.60. The maximum atomic E-state index is 5.94. The Kier molecular flexibility index (Phi) is 6.05. The molecule has 0 amide bonds. The van der Waals surface area contributed by atoms with E-state index in [1.165, 1.54) is 5.56 Å². The number of nitrogens with one attached hydrogen (secondary N) is 1. The van der Waals surface area contributed by atoms with Crippen LogP contribution in [-0.2, 0) is 24.5 Å². The molecule has 0 aliphatic carbocycles. The zero-order valence-corrected chi connectivity index (χ0v) is 13.7. The highest BCUT2D eigenvalue weighted by Gasteiger charge is 2.02. The van der Waals surface area contributed by atoms with Crippen LogP contribution < -0.4 is 5.32 Å². The van der Waals surface area contributed by atoms with E-state index in [4.69, 9.17) is 16.3 Å². The lowest BCUT2D eigenvalue weighted by molar-refractivity contribution is 0.107. The maximum Gasteiger partial charge on any atom is 0.0732 e. The molecule has 2 rings (SSSR count). The molecule has 0 bridgehead atoms. The van der Waals surface area contributed by atoms with Crippen molar-refractivity contribution < 1.29 is 4.74 Å². The van der Waals surface area contributed by atoms with Crippen LogP contribution in [-0.4, -0.2) is 7.05 Å². The van der Waals surface area contributed by atoms with Crippen LogP contribution in [0.5, 0.6) is 0 Å². The molecule has 2 nitrogen and oxygen atoms in total. The maximum absolute atomic E-state index is 5.94. The summed E-state index contributed by atoms with van der Waals surface area (Å²) in [4.78, 5) is 0. The molecular weight excluding hydrogens is 338 g/mol. The highest BCUT2D eigenvalue weighted by molar-refractivity contribution is 9.10. The summed E-state index contributed by atoms with van der Waals surface area (Å²) < 4.78 is 6.82. The Morgan fingerprint density at radius 2 is 1.95 bits per heavy atom. The molecule has 0 aliphatic rings. The van der Waals surface area contributed by atoms with E-state index < -0.39 is 0 Å². The molecule has 2 aromatic carbocycles. The van der Waals surface area contributed by atoms with Crippen LogP contribution in [0.3, 0.4) is 0 Å². The van der Waals surface area contributed by atoms with Crippen molar-refractivity contribution in [1.29, 1.82) is 0 Å². The van der Waals surface area contributed by atoms with Crippen molar-refractivity contribution in [2.24, 2.45) is 0 Å². The van der Waals surface area contributed by atoms with Crippen molar-refractivity contribution in [3.8, 4) is 0 Å². The van der Waals surface area contributed by atoms with Crippen LogP contribution in [0.4, 0.5) is 0 Å². The highest BCUT2D eigenvalue weighted by atomic mass is 79.9. The summed E-state index contributed by atoms with van der Waals surface area (Å²) in [7, 11) is 1.94. The zero-order valence-electron chi connectivity index (χ0n) is 11.3. The Hall–Kier alpha value is -0.870. The van der Waals surface area contributed by atoms with Gasteiger partial charge in [-0.05, 0) is 41.9 Å². The molecule has 0 atom stereocenters. The first-order valence-electron chi connectivity index (χ1n) is 6.43. The van der Waals surface area contributed by atoms with Gasteiger partial charge in [-0.25, -0.2) is 0 Å². The third kappa shape index (κ3) is 4.60.